The molecular formula is C8H8. The fraction of sp³-hybridized carbons (Fsp3) is 0.125. The molecule has 40 valence electrons. The van der Waals surface area contributed by atoms with Crippen LogP contribution in [0.15, 0.2) is 41.7 Å². The van der Waals surface area contributed by atoms with Gasteiger partial charge in [-0.1, -0.05) is 24.3 Å². The monoisotopic (exact) mass is 104 g/mol. The van der Waals surface area contributed by atoms with Gasteiger partial charge in [-0.2, -0.15) is 0 Å². The quantitative estimate of drug-likeness (QED) is 0.413. The molecular weight excluding hydrogens is 96.1 g/mol. The van der Waals surface area contributed by atoms with Gasteiger partial charge in [0.15, 0.2) is 0 Å². The predicted octanol–water partition coefficient (Wildman–Crippen LogP) is 2.21. The van der Waals surface area contributed by atoms with Crippen molar-refractivity contribution in [3.8, 4) is 0 Å². The van der Waals surface area contributed by atoms with Gasteiger partial charge in [0.25, 0.3) is 0 Å². The maximum Gasteiger partial charge on any atom is -0.00914 e. The molecule has 0 N–H and O–H groups in total. The molecule has 0 amide bonds. The van der Waals surface area contributed by atoms with E-state index in [0.29, 0.717) is 0 Å². The van der Waals surface area contributed by atoms with E-state index in [1.165, 1.54) is 5.57 Å². The Balaban J connectivity index is 2.95. The van der Waals surface area contributed by atoms with Gasteiger partial charge in [-0.05, 0) is 18.6 Å². The smallest absolute Gasteiger partial charge is 0.00914 e. The van der Waals surface area contributed by atoms with E-state index in [1.807, 2.05) is 37.3 Å². The number of rotatable bonds is 0. The Bertz CT molecular complexity index is 186. The van der Waals surface area contributed by atoms with Crippen LogP contribution in [0.3, 0.4) is 0 Å². The minimum absolute atomic E-state index is 1.18. The molecule has 8 heavy (non-hydrogen) atoms. The largest absolute Gasteiger partial charge is 0.118 e. The number of hydrogen-bond acceptors (Lipinski definition) is 0. The van der Waals surface area contributed by atoms with E-state index in [4.69, 9.17) is 0 Å². The fourth-order valence-corrected chi connectivity index (χ4v) is 0.547. The maximum absolute atomic E-state index is 3.06. The van der Waals surface area contributed by atoms with Gasteiger partial charge in [0.05, 0.1) is 0 Å². The lowest BCUT2D eigenvalue weighted by atomic mass is 10.3. The zero-order chi connectivity index (χ0) is 5.82. The first-order valence-corrected chi connectivity index (χ1v) is 2.66. The lowest BCUT2D eigenvalue weighted by Gasteiger charge is -1.76. The van der Waals surface area contributed by atoms with Gasteiger partial charge < -0.3 is 0 Å². The zero-order valence-corrected chi connectivity index (χ0v) is 4.89. The molecule has 0 aromatic rings. The van der Waals surface area contributed by atoms with Gasteiger partial charge in [-0.25, -0.2) is 0 Å². The molecule has 0 aromatic carbocycles. The standard InChI is InChI=1S/C8H8/c1-8-6-4-2-3-5-7-8/h2-6H,1H3. The SMILES string of the molecule is CC1=C=CC=CC=C1. The Morgan fingerprint density at radius 3 is 3.00 bits per heavy atom. The van der Waals surface area contributed by atoms with Crippen LogP contribution >= 0.6 is 0 Å². The Morgan fingerprint density at radius 2 is 2.12 bits per heavy atom. The number of allylic oxidation sites excluding steroid dienone is 5. The van der Waals surface area contributed by atoms with Crippen LogP contribution in [0.4, 0.5) is 0 Å². The summed E-state index contributed by atoms with van der Waals surface area (Å²) in [5, 5.41) is 0. The number of hydrogen-bond donors (Lipinski definition) is 0. The highest BCUT2D eigenvalue weighted by molar-refractivity contribution is 5.26. The van der Waals surface area contributed by atoms with Crippen molar-refractivity contribution in [2.24, 2.45) is 0 Å². The summed E-state index contributed by atoms with van der Waals surface area (Å²) in [6, 6.07) is 0. The average Bonchev–Trinajstić information content (AvgIpc) is 1.94. The van der Waals surface area contributed by atoms with Gasteiger partial charge in [0.1, 0.15) is 0 Å². The first kappa shape index (κ1) is 5.14. The lowest BCUT2D eigenvalue weighted by Crippen LogP contribution is -1.56. The molecule has 0 heteroatoms. The van der Waals surface area contributed by atoms with Crippen LogP contribution in [0.1, 0.15) is 6.92 Å². The summed E-state index contributed by atoms with van der Waals surface area (Å²) in [6.07, 6.45) is 9.90. The van der Waals surface area contributed by atoms with Crippen molar-refractivity contribution < 1.29 is 0 Å². The summed E-state index contributed by atoms with van der Waals surface area (Å²) in [5.41, 5.74) is 4.24. The molecule has 0 spiro atoms. The van der Waals surface area contributed by atoms with Crippen molar-refractivity contribution in [3.63, 3.8) is 0 Å². The third kappa shape index (κ3) is 1.25. The molecule has 1 aliphatic carbocycles. The first-order chi connectivity index (χ1) is 3.89. The van der Waals surface area contributed by atoms with Crippen LogP contribution in [-0.4, -0.2) is 0 Å². The summed E-state index contributed by atoms with van der Waals surface area (Å²) in [7, 11) is 0. The molecule has 0 atom stereocenters. The van der Waals surface area contributed by atoms with Gasteiger partial charge in [0.2, 0.25) is 0 Å². The molecule has 0 fully saturated rings. The van der Waals surface area contributed by atoms with E-state index in [0.717, 1.165) is 0 Å². The first-order valence-electron chi connectivity index (χ1n) is 2.66. The molecule has 0 saturated carbocycles. The molecule has 0 heterocycles. The molecule has 0 bridgehead atoms. The van der Waals surface area contributed by atoms with Crippen LogP contribution in [0, 0.1) is 0 Å². The zero-order valence-electron chi connectivity index (χ0n) is 4.89. The molecule has 0 unspecified atom stereocenters. The van der Waals surface area contributed by atoms with E-state index in [1.54, 1.807) is 0 Å². The van der Waals surface area contributed by atoms with Crippen molar-refractivity contribution in [1.82, 2.24) is 0 Å². The van der Waals surface area contributed by atoms with Gasteiger partial charge in [-0.3, -0.25) is 0 Å². The van der Waals surface area contributed by atoms with Gasteiger partial charge >= 0.3 is 0 Å². The third-order valence-corrected chi connectivity index (χ3v) is 0.976. The van der Waals surface area contributed by atoms with E-state index in [9.17, 15) is 0 Å². The molecule has 0 aromatic heterocycles. The minimum Gasteiger partial charge on any atom is -0.118 e. The van der Waals surface area contributed by atoms with Crippen LogP contribution in [0.25, 0.3) is 0 Å². The van der Waals surface area contributed by atoms with Crippen LogP contribution in [-0.2, 0) is 0 Å². The van der Waals surface area contributed by atoms with Crippen LogP contribution in [0.5, 0.6) is 0 Å². The highest BCUT2D eigenvalue weighted by Gasteiger charge is 1.75. The maximum atomic E-state index is 3.06. The average molecular weight is 104 g/mol. The summed E-state index contributed by atoms with van der Waals surface area (Å²) < 4.78 is 0. The fourth-order valence-electron chi connectivity index (χ4n) is 0.547. The molecule has 1 aliphatic rings. The Labute approximate surface area is 49.5 Å². The summed E-state index contributed by atoms with van der Waals surface area (Å²) in [6.45, 7) is 2.03. The Morgan fingerprint density at radius 1 is 1.25 bits per heavy atom. The van der Waals surface area contributed by atoms with Gasteiger partial charge in [-0.15, -0.1) is 5.73 Å². The van der Waals surface area contributed by atoms with Crippen molar-refractivity contribution in [2.75, 3.05) is 0 Å². The highest BCUT2D eigenvalue weighted by atomic mass is 13.8. The molecule has 0 radical (unpaired) electrons. The summed E-state index contributed by atoms with van der Waals surface area (Å²) in [5.74, 6) is 0. The van der Waals surface area contributed by atoms with Gasteiger partial charge in [0, 0.05) is 0 Å². The van der Waals surface area contributed by atoms with E-state index >= 15 is 0 Å². The second-order valence-electron chi connectivity index (χ2n) is 1.74. The topological polar surface area (TPSA) is 0 Å². The third-order valence-electron chi connectivity index (χ3n) is 0.976. The molecule has 0 aliphatic heterocycles. The van der Waals surface area contributed by atoms with E-state index in [-0.39, 0.29) is 0 Å². The van der Waals surface area contributed by atoms with Crippen molar-refractivity contribution in [3.05, 3.63) is 41.7 Å². The normalized spacial score (nSPS) is 15.9. The highest BCUT2D eigenvalue weighted by Crippen LogP contribution is 1.95. The molecule has 1 rings (SSSR count). The van der Waals surface area contributed by atoms with E-state index in [2.05, 4.69) is 5.73 Å². The van der Waals surface area contributed by atoms with E-state index < -0.39 is 0 Å². The lowest BCUT2D eigenvalue weighted by molar-refractivity contribution is 1.55. The van der Waals surface area contributed by atoms with Crippen molar-refractivity contribution >= 4 is 0 Å². The molecule has 0 nitrogen and oxygen atoms in total. The second-order valence-corrected chi connectivity index (χ2v) is 1.74. The second kappa shape index (κ2) is 2.34. The Kier molecular flexibility index (Phi) is 1.51. The van der Waals surface area contributed by atoms with Crippen molar-refractivity contribution in [2.45, 2.75) is 6.92 Å². The Hall–Kier alpha value is -1.00. The molecule has 0 saturated heterocycles. The summed E-state index contributed by atoms with van der Waals surface area (Å²) >= 11 is 0. The predicted molar refractivity (Wildman–Crippen MR) is 35.5 cm³/mol. The minimum atomic E-state index is 1.18. The van der Waals surface area contributed by atoms with Crippen molar-refractivity contribution in [1.29, 1.82) is 0 Å². The van der Waals surface area contributed by atoms with Crippen LogP contribution < -0.4 is 0 Å². The van der Waals surface area contributed by atoms with Crippen LogP contribution in [0.2, 0.25) is 0 Å². The summed E-state index contributed by atoms with van der Waals surface area (Å²) in [4.78, 5) is 0.